The van der Waals surface area contributed by atoms with Crippen LogP contribution >= 0.6 is 0 Å². The third-order valence-corrected chi connectivity index (χ3v) is 3.71. The Kier molecular flexibility index (Phi) is 9.36. The first kappa shape index (κ1) is 19.5. The first-order chi connectivity index (χ1) is 11.0. The third-order valence-electron chi connectivity index (χ3n) is 3.71. The molecule has 132 valence electrons. The van der Waals surface area contributed by atoms with Crippen molar-refractivity contribution in [3.05, 3.63) is 18.5 Å². The molecule has 6 heteroatoms. The lowest BCUT2D eigenvalue weighted by atomic mass is 10.2. The van der Waals surface area contributed by atoms with E-state index in [1.807, 2.05) is 23.1 Å². The fourth-order valence-corrected chi connectivity index (χ4v) is 2.61. The number of rotatable bonds is 10. The Morgan fingerprint density at radius 3 is 2.52 bits per heavy atom. The standard InChI is InChI=1S/C17H34N6/c1-6-18-17(19-9-7-12-22-13-8-10-21-22)20-11-14-23(15(2)3)16(4)5/h8,10,13,15-16H,6-7,9,11-12,14H2,1-5H3,(H2,18,19,20). The van der Waals surface area contributed by atoms with Gasteiger partial charge in [-0.05, 0) is 47.1 Å². The van der Waals surface area contributed by atoms with Gasteiger partial charge in [0.1, 0.15) is 0 Å². The van der Waals surface area contributed by atoms with Gasteiger partial charge in [0.05, 0.1) is 0 Å². The lowest BCUT2D eigenvalue weighted by Gasteiger charge is -2.30. The molecule has 23 heavy (non-hydrogen) atoms. The van der Waals surface area contributed by atoms with Gasteiger partial charge in [0, 0.05) is 57.2 Å². The van der Waals surface area contributed by atoms with E-state index in [1.54, 1.807) is 0 Å². The molecule has 1 aromatic heterocycles. The smallest absolute Gasteiger partial charge is 0.191 e. The SMILES string of the molecule is CCNC(=NCCCn1cccn1)NCCN(C(C)C)C(C)C. The number of nitrogens with one attached hydrogen (secondary N) is 2. The van der Waals surface area contributed by atoms with Crippen molar-refractivity contribution in [3.8, 4) is 0 Å². The third kappa shape index (κ3) is 8.02. The first-order valence-corrected chi connectivity index (χ1v) is 8.80. The summed E-state index contributed by atoms with van der Waals surface area (Å²) in [5.74, 6) is 0.903. The van der Waals surface area contributed by atoms with Gasteiger partial charge < -0.3 is 10.6 Å². The average molecular weight is 323 g/mol. The molecule has 0 spiro atoms. The summed E-state index contributed by atoms with van der Waals surface area (Å²) in [4.78, 5) is 7.11. The van der Waals surface area contributed by atoms with Crippen molar-refractivity contribution < 1.29 is 0 Å². The number of hydrogen-bond acceptors (Lipinski definition) is 3. The van der Waals surface area contributed by atoms with Crippen molar-refractivity contribution >= 4 is 5.96 Å². The molecule has 0 bridgehead atoms. The molecule has 0 unspecified atom stereocenters. The van der Waals surface area contributed by atoms with Gasteiger partial charge in [-0.2, -0.15) is 5.10 Å². The molecular weight excluding hydrogens is 288 g/mol. The highest BCUT2D eigenvalue weighted by molar-refractivity contribution is 5.79. The van der Waals surface area contributed by atoms with Crippen LogP contribution in [0.1, 0.15) is 41.0 Å². The topological polar surface area (TPSA) is 57.5 Å². The minimum atomic E-state index is 0.561. The number of aromatic nitrogens is 2. The molecule has 0 saturated heterocycles. The molecule has 0 fully saturated rings. The first-order valence-electron chi connectivity index (χ1n) is 8.80. The monoisotopic (exact) mass is 322 g/mol. The zero-order valence-electron chi connectivity index (χ0n) is 15.4. The summed E-state index contributed by atoms with van der Waals surface area (Å²) in [7, 11) is 0. The molecule has 0 aromatic carbocycles. The minimum Gasteiger partial charge on any atom is -0.357 e. The molecule has 2 N–H and O–H groups in total. The summed E-state index contributed by atoms with van der Waals surface area (Å²) >= 11 is 0. The lowest BCUT2D eigenvalue weighted by Crippen LogP contribution is -2.45. The summed E-state index contributed by atoms with van der Waals surface area (Å²) in [6, 6.07) is 3.07. The number of hydrogen-bond donors (Lipinski definition) is 2. The van der Waals surface area contributed by atoms with Crippen LogP contribution in [0.25, 0.3) is 0 Å². The summed E-state index contributed by atoms with van der Waals surface area (Å²) < 4.78 is 1.94. The van der Waals surface area contributed by atoms with Gasteiger partial charge in [-0.15, -0.1) is 0 Å². The largest absolute Gasteiger partial charge is 0.357 e. The predicted octanol–water partition coefficient (Wildman–Crippen LogP) is 1.95. The van der Waals surface area contributed by atoms with Crippen LogP contribution in [0.4, 0.5) is 0 Å². The van der Waals surface area contributed by atoms with Crippen LogP contribution in [0.3, 0.4) is 0 Å². The predicted molar refractivity (Wildman–Crippen MR) is 97.8 cm³/mol. The number of aryl methyl sites for hydroxylation is 1. The molecule has 0 aliphatic carbocycles. The molecular formula is C17H34N6. The van der Waals surface area contributed by atoms with E-state index < -0.39 is 0 Å². The number of aliphatic imine (C=N–C) groups is 1. The van der Waals surface area contributed by atoms with Crippen molar-refractivity contribution in [2.24, 2.45) is 4.99 Å². The van der Waals surface area contributed by atoms with Crippen LogP contribution in [-0.2, 0) is 6.54 Å². The summed E-state index contributed by atoms with van der Waals surface area (Å²) in [6.07, 6.45) is 4.78. The van der Waals surface area contributed by atoms with Crippen LogP contribution in [0, 0.1) is 0 Å². The molecule has 0 atom stereocenters. The molecule has 0 saturated carbocycles. The van der Waals surface area contributed by atoms with Crippen LogP contribution in [0.15, 0.2) is 23.5 Å². The highest BCUT2D eigenvalue weighted by atomic mass is 15.3. The Morgan fingerprint density at radius 1 is 1.22 bits per heavy atom. The van der Waals surface area contributed by atoms with Gasteiger partial charge in [-0.3, -0.25) is 14.6 Å². The highest BCUT2D eigenvalue weighted by Crippen LogP contribution is 2.03. The Bertz CT molecular complexity index is 416. The Hall–Kier alpha value is -1.56. The lowest BCUT2D eigenvalue weighted by molar-refractivity contribution is 0.178. The van der Waals surface area contributed by atoms with E-state index in [4.69, 9.17) is 0 Å². The summed E-state index contributed by atoms with van der Waals surface area (Å²) in [6.45, 7) is 15.6. The molecule has 1 rings (SSSR count). The van der Waals surface area contributed by atoms with Gasteiger partial charge in [0.25, 0.3) is 0 Å². The normalized spacial score (nSPS) is 12.4. The van der Waals surface area contributed by atoms with E-state index in [0.29, 0.717) is 12.1 Å². The van der Waals surface area contributed by atoms with Gasteiger partial charge in [0.15, 0.2) is 5.96 Å². The molecule has 0 aliphatic rings. The van der Waals surface area contributed by atoms with Crippen LogP contribution in [0.2, 0.25) is 0 Å². The van der Waals surface area contributed by atoms with Crippen LogP contribution in [0.5, 0.6) is 0 Å². The second kappa shape index (κ2) is 11.0. The van der Waals surface area contributed by atoms with Crippen LogP contribution < -0.4 is 10.6 Å². The zero-order chi connectivity index (χ0) is 17.1. The number of nitrogens with zero attached hydrogens (tertiary/aromatic N) is 4. The fourth-order valence-electron chi connectivity index (χ4n) is 2.61. The van der Waals surface area contributed by atoms with Crippen molar-refractivity contribution in [3.63, 3.8) is 0 Å². The molecule has 0 amide bonds. The maximum Gasteiger partial charge on any atom is 0.191 e. The molecule has 0 aliphatic heterocycles. The molecule has 0 radical (unpaired) electrons. The second-order valence-electron chi connectivity index (χ2n) is 6.24. The van der Waals surface area contributed by atoms with Crippen molar-refractivity contribution in [2.75, 3.05) is 26.2 Å². The maximum atomic E-state index is 4.63. The van der Waals surface area contributed by atoms with E-state index in [-0.39, 0.29) is 0 Å². The molecule has 1 heterocycles. The molecule has 1 aromatic rings. The van der Waals surface area contributed by atoms with Gasteiger partial charge >= 0.3 is 0 Å². The fraction of sp³-hybridized carbons (Fsp3) is 0.765. The Morgan fingerprint density at radius 2 is 1.96 bits per heavy atom. The van der Waals surface area contributed by atoms with E-state index in [0.717, 1.165) is 45.1 Å². The van der Waals surface area contributed by atoms with E-state index >= 15 is 0 Å². The summed E-state index contributed by atoms with van der Waals surface area (Å²) in [5, 5.41) is 10.9. The number of guanidine groups is 1. The van der Waals surface area contributed by atoms with Crippen LogP contribution in [-0.4, -0.2) is 58.9 Å². The molecule has 6 nitrogen and oxygen atoms in total. The van der Waals surface area contributed by atoms with Crippen molar-refractivity contribution in [2.45, 2.75) is 59.7 Å². The van der Waals surface area contributed by atoms with E-state index in [1.165, 1.54) is 0 Å². The second-order valence-corrected chi connectivity index (χ2v) is 6.24. The van der Waals surface area contributed by atoms with E-state index in [9.17, 15) is 0 Å². The maximum absolute atomic E-state index is 4.63. The highest BCUT2D eigenvalue weighted by Gasteiger charge is 2.12. The van der Waals surface area contributed by atoms with Crippen molar-refractivity contribution in [1.29, 1.82) is 0 Å². The van der Waals surface area contributed by atoms with Crippen molar-refractivity contribution in [1.82, 2.24) is 25.3 Å². The van der Waals surface area contributed by atoms with Gasteiger partial charge in [0.2, 0.25) is 0 Å². The Balaban J connectivity index is 2.33. The van der Waals surface area contributed by atoms with Gasteiger partial charge in [-0.25, -0.2) is 0 Å². The quantitative estimate of drug-likeness (QED) is 0.393. The minimum absolute atomic E-state index is 0.561. The van der Waals surface area contributed by atoms with Gasteiger partial charge in [-0.1, -0.05) is 0 Å². The summed E-state index contributed by atoms with van der Waals surface area (Å²) in [5.41, 5.74) is 0. The zero-order valence-corrected chi connectivity index (χ0v) is 15.4. The average Bonchev–Trinajstić information content (AvgIpc) is 3.00. The Labute approximate surface area is 141 Å². The van der Waals surface area contributed by atoms with E-state index in [2.05, 4.69) is 60.2 Å².